The second-order valence-electron chi connectivity index (χ2n) is 5.20. The van der Waals surface area contributed by atoms with Gasteiger partial charge in [-0.2, -0.15) is 5.10 Å². The molecule has 0 saturated heterocycles. The van der Waals surface area contributed by atoms with Crippen LogP contribution in [0.3, 0.4) is 0 Å². The van der Waals surface area contributed by atoms with Crippen LogP contribution < -0.4 is 5.32 Å². The lowest BCUT2D eigenvalue weighted by Gasteiger charge is -2.28. The molecule has 1 aliphatic carbocycles. The Kier molecular flexibility index (Phi) is 5.55. The third-order valence-corrected chi connectivity index (χ3v) is 3.79. The summed E-state index contributed by atoms with van der Waals surface area (Å²) < 4.78 is 7.33. The van der Waals surface area contributed by atoms with E-state index in [0.717, 1.165) is 38.8 Å². The third kappa shape index (κ3) is 4.31. The first-order chi connectivity index (χ1) is 9.69. The molecule has 0 unspecified atom stereocenters. The molecule has 0 amide bonds. The number of hydrogen-bond acceptors (Lipinski definition) is 4. The average Bonchev–Trinajstić information content (AvgIpc) is 2.91. The van der Waals surface area contributed by atoms with Gasteiger partial charge in [-0.1, -0.05) is 0 Å². The summed E-state index contributed by atoms with van der Waals surface area (Å²) in [6.45, 7) is 3.62. The average molecular weight is 281 g/mol. The van der Waals surface area contributed by atoms with Gasteiger partial charge in [0.15, 0.2) is 0 Å². The standard InChI is InChI=1S/C14H23N3O3/c1-2-17-12(7-8-16-17)9-15-11-3-5-13(6-4-11)20-10-14(18)19/h7-8,11,13,15H,2-6,9-10H2,1H3,(H,18,19). The van der Waals surface area contributed by atoms with Crippen molar-refractivity contribution in [3.8, 4) is 0 Å². The third-order valence-electron chi connectivity index (χ3n) is 3.79. The molecular weight excluding hydrogens is 258 g/mol. The van der Waals surface area contributed by atoms with Gasteiger partial charge in [0.1, 0.15) is 6.61 Å². The second kappa shape index (κ2) is 7.40. The summed E-state index contributed by atoms with van der Waals surface area (Å²) in [4.78, 5) is 10.5. The lowest BCUT2D eigenvalue weighted by atomic mass is 9.93. The van der Waals surface area contributed by atoms with Gasteiger partial charge in [-0.05, 0) is 38.7 Å². The fourth-order valence-corrected chi connectivity index (χ4v) is 2.67. The van der Waals surface area contributed by atoms with E-state index in [0.29, 0.717) is 6.04 Å². The Morgan fingerprint density at radius 1 is 1.50 bits per heavy atom. The Balaban J connectivity index is 1.68. The number of rotatable bonds is 7. The molecule has 2 rings (SSSR count). The van der Waals surface area contributed by atoms with Crippen LogP contribution in [-0.2, 0) is 22.6 Å². The van der Waals surface area contributed by atoms with Gasteiger partial charge in [0, 0.05) is 25.3 Å². The molecule has 1 aliphatic rings. The zero-order chi connectivity index (χ0) is 14.4. The topological polar surface area (TPSA) is 76.4 Å². The van der Waals surface area contributed by atoms with Crippen molar-refractivity contribution in [2.45, 2.75) is 57.8 Å². The molecule has 0 spiro atoms. The van der Waals surface area contributed by atoms with Crippen LogP contribution in [0.2, 0.25) is 0 Å². The van der Waals surface area contributed by atoms with Gasteiger partial charge in [-0.3, -0.25) is 4.68 Å². The quantitative estimate of drug-likeness (QED) is 0.790. The summed E-state index contributed by atoms with van der Waals surface area (Å²) in [5, 5.41) is 16.4. The van der Waals surface area contributed by atoms with Crippen LogP contribution in [0, 0.1) is 0 Å². The van der Waals surface area contributed by atoms with Crippen molar-refractivity contribution >= 4 is 5.97 Å². The number of hydrogen-bond donors (Lipinski definition) is 2. The lowest BCUT2D eigenvalue weighted by Crippen LogP contribution is -2.36. The second-order valence-corrected chi connectivity index (χ2v) is 5.20. The highest BCUT2D eigenvalue weighted by Crippen LogP contribution is 2.21. The van der Waals surface area contributed by atoms with Gasteiger partial charge in [-0.15, -0.1) is 0 Å². The first-order valence-electron chi connectivity index (χ1n) is 7.26. The monoisotopic (exact) mass is 281 g/mol. The predicted octanol–water partition coefficient (Wildman–Crippen LogP) is 1.40. The maximum atomic E-state index is 10.5. The molecule has 0 atom stereocenters. The summed E-state index contributed by atoms with van der Waals surface area (Å²) >= 11 is 0. The number of aryl methyl sites for hydroxylation is 1. The van der Waals surface area contributed by atoms with Gasteiger partial charge in [-0.25, -0.2) is 4.79 Å². The van der Waals surface area contributed by atoms with E-state index < -0.39 is 5.97 Å². The fraction of sp³-hybridized carbons (Fsp3) is 0.714. The summed E-state index contributed by atoms with van der Waals surface area (Å²) in [5.41, 5.74) is 1.21. The van der Waals surface area contributed by atoms with Crippen LogP contribution in [0.4, 0.5) is 0 Å². The van der Waals surface area contributed by atoms with Crippen molar-refractivity contribution < 1.29 is 14.6 Å². The van der Waals surface area contributed by atoms with E-state index in [1.165, 1.54) is 5.69 Å². The van der Waals surface area contributed by atoms with Crippen molar-refractivity contribution in [2.75, 3.05) is 6.61 Å². The van der Waals surface area contributed by atoms with E-state index in [2.05, 4.69) is 17.3 Å². The molecule has 6 nitrogen and oxygen atoms in total. The van der Waals surface area contributed by atoms with Crippen molar-refractivity contribution in [3.05, 3.63) is 18.0 Å². The highest BCUT2D eigenvalue weighted by molar-refractivity contribution is 5.68. The molecule has 1 aromatic heterocycles. The summed E-state index contributed by atoms with van der Waals surface area (Å²) in [6, 6.07) is 2.53. The summed E-state index contributed by atoms with van der Waals surface area (Å²) in [6.07, 6.45) is 5.85. The molecule has 1 fully saturated rings. The summed E-state index contributed by atoms with van der Waals surface area (Å²) in [5.74, 6) is -0.891. The molecular formula is C14H23N3O3. The molecule has 0 aromatic carbocycles. The molecule has 20 heavy (non-hydrogen) atoms. The van der Waals surface area contributed by atoms with Crippen LogP contribution in [0.15, 0.2) is 12.3 Å². The minimum atomic E-state index is -0.891. The van der Waals surface area contributed by atoms with Crippen molar-refractivity contribution in [3.63, 3.8) is 0 Å². The summed E-state index contributed by atoms with van der Waals surface area (Å²) in [7, 11) is 0. The van der Waals surface area contributed by atoms with Gasteiger partial charge in [0.05, 0.1) is 11.8 Å². The zero-order valence-electron chi connectivity index (χ0n) is 11.9. The SMILES string of the molecule is CCn1nccc1CNC1CCC(OCC(=O)O)CC1. The number of nitrogens with one attached hydrogen (secondary N) is 1. The van der Waals surface area contributed by atoms with E-state index in [9.17, 15) is 4.79 Å². The van der Waals surface area contributed by atoms with E-state index in [4.69, 9.17) is 9.84 Å². The Labute approximate surface area is 119 Å². The number of ether oxygens (including phenoxy) is 1. The molecule has 6 heteroatoms. The highest BCUT2D eigenvalue weighted by atomic mass is 16.5. The smallest absolute Gasteiger partial charge is 0.329 e. The van der Waals surface area contributed by atoms with Crippen LogP contribution >= 0.6 is 0 Å². The molecule has 2 N–H and O–H groups in total. The maximum absolute atomic E-state index is 10.5. The van der Waals surface area contributed by atoms with Crippen LogP contribution in [0.5, 0.6) is 0 Å². The van der Waals surface area contributed by atoms with Gasteiger partial charge >= 0.3 is 5.97 Å². The number of aromatic nitrogens is 2. The normalized spacial score (nSPS) is 22.9. The van der Waals surface area contributed by atoms with E-state index >= 15 is 0 Å². The fourth-order valence-electron chi connectivity index (χ4n) is 2.67. The first-order valence-corrected chi connectivity index (χ1v) is 7.26. The Morgan fingerprint density at radius 3 is 2.90 bits per heavy atom. The number of carboxylic acids is 1. The molecule has 112 valence electrons. The minimum absolute atomic E-state index is 0.102. The number of carboxylic acid groups (broad SMARTS) is 1. The van der Waals surface area contributed by atoms with Gasteiger partial charge < -0.3 is 15.2 Å². The van der Waals surface area contributed by atoms with Gasteiger partial charge in [0.2, 0.25) is 0 Å². The van der Waals surface area contributed by atoms with Crippen LogP contribution in [0.1, 0.15) is 38.3 Å². The molecule has 0 aliphatic heterocycles. The Hall–Kier alpha value is -1.40. The first kappa shape index (κ1) is 15.0. The molecule has 1 aromatic rings. The number of carbonyl (C=O) groups is 1. The number of aliphatic carboxylic acids is 1. The van der Waals surface area contributed by atoms with E-state index in [-0.39, 0.29) is 12.7 Å². The Morgan fingerprint density at radius 2 is 2.25 bits per heavy atom. The molecule has 0 radical (unpaired) electrons. The maximum Gasteiger partial charge on any atom is 0.329 e. The lowest BCUT2D eigenvalue weighted by molar-refractivity contribution is -0.145. The van der Waals surface area contributed by atoms with Crippen molar-refractivity contribution in [1.82, 2.24) is 15.1 Å². The van der Waals surface area contributed by atoms with Gasteiger partial charge in [0.25, 0.3) is 0 Å². The largest absolute Gasteiger partial charge is 0.480 e. The molecule has 0 bridgehead atoms. The number of nitrogens with zero attached hydrogens (tertiary/aromatic N) is 2. The molecule has 1 saturated carbocycles. The van der Waals surface area contributed by atoms with E-state index in [1.807, 2.05) is 16.9 Å². The molecule has 1 heterocycles. The van der Waals surface area contributed by atoms with Crippen LogP contribution in [-0.4, -0.2) is 39.6 Å². The van der Waals surface area contributed by atoms with E-state index in [1.54, 1.807) is 0 Å². The predicted molar refractivity (Wildman–Crippen MR) is 74.4 cm³/mol. The Bertz CT molecular complexity index is 425. The van der Waals surface area contributed by atoms with Crippen molar-refractivity contribution in [1.29, 1.82) is 0 Å². The van der Waals surface area contributed by atoms with Crippen LogP contribution in [0.25, 0.3) is 0 Å². The minimum Gasteiger partial charge on any atom is -0.480 e. The highest BCUT2D eigenvalue weighted by Gasteiger charge is 2.22. The van der Waals surface area contributed by atoms with Crippen molar-refractivity contribution in [2.24, 2.45) is 0 Å². The zero-order valence-corrected chi connectivity index (χ0v) is 11.9.